The number of halogens is 5. The molecule has 0 fully saturated rings. The topological polar surface area (TPSA) is 69.0 Å². The first-order valence-electron chi connectivity index (χ1n) is 9.38. The lowest BCUT2D eigenvalue weighted by Crippen LogP contribution is -2.16. The van der Waals surface area contributed by atoms with Crippen molar-refractivity contribution in [3.8, 4) is 5.75 Å². The molecule has 0 atom stereocenters. The van der Waals surface area contributed by atoms with Crippen LogP contribution in [0.1, 0.15) is 11.4 Å². The molecule has 0 aliphatic rings. The first-order chi connectivity index (χ1) is 15.7. The monoisotopic (exact) mass is 484 g/mol. The predicted molar refractivity (Wildman–Crippen MR) is 112 cm³/mol. The Bertz CT molecular complexity index is 1150. The highest BCUT2D eigenvalue weighted by atomic mass is 32.2. The molecule has 2 aromatic carbocycles. The molecule has 0 bridgehead atoms. The zero-order chi connectivity index (χ0) is 24.0. The van der Waals surface area contributed by atoms with Gasteiger partial charge in [-0.2, -0.15) is 13.2 Å². The average Bonchev–Trinajstić information content (AvgIpc) is 3.14. The van der Waals surface area contributed by atoms with Gasteiger partial charge in [-0.25, -0.2) is 8.78 Å². The fourth-order valence-corrected chi connectivity index (χ4v) is 3.43. The van der Waals surface area contributed by atoms with Gasteiger partial charge in [-0.3, -0.25) is 9.36 Å². The Balaban J connectivity index is 1.64. The van der Waals surface area contributed by atoms with E-state index < -0.39 is 29.3 Å². The Hall–Kier alpha value is -3.41. The molecule has 0 unspecified atom stereocenters. The number of thioether (sulfide) groups is 1. The molecule has 1 aromatic heterocycles. The minimum atomic E-state index is -4.50. The summed E-state index contributed by atoms with van der Waals surface area (Å²) in [4.78, 5) is 12.1. The highest BCUT2D eigenvalue weighted by molar-refractivity contribution is 7.99. The number of hydrogen-bond acceptors (Lipinski definition) is 5. The molecule has 1 N–H and O–H groups in total. The van der Waals surface area contributed by atoms with E-state index in [1.165, 1.54) is 12.1 Å². The van der Waals surface area contributed by atoms with Crippen molar-refractivity contribution in [2.75, 3.05) is 11.1 Å². The fraction of sp³-hybridized carbons (Fsp3) is 0.190. The third kappa shape index (κ3) is 6.54. The number of carbonyl (C=O) groups excluding carboxylic acids is 1. The summed E-state index contributed by atoms with van der Waals surface area (Å²) in [6, 6.07) is 7.21. The van der Waals surface area contributed by atoms with Gasteiger partial charge in [-0.05, 0) is 30.3 Å². The van der Waals surface area contributed by atoms with Crippen LogP contribution in [0.5, 0.6) is 5.75 Å². The first-order valence-corrected chi connectivity index (χ1v) is 10.4. The number of allylic oxidation sites excluding steroid dienone is 1. The third-order valence-corrected chi connectivity index (χ3v) is 5.14. The van der Waals surface area contributed by atoms with Crippen molar-refractivity contribution in [1.82, 2.24) is 14.8 Å². The number of ether oxygens (including phenoxy) is 1. The lowest BCUT2D eigenvalue weighted by atomic mass is 10.2. The van der Waals surface area contributed by atoms with Crippen molar-refractivity contribution in [3.63, 3.8) is 0 Å². The van der Waals surface area contributed by atoms with Crippen molar-refractivity contribution < 1.29 is 31.5 Å². The van der Waals surface area contributed by atoms with E-state index in [4.69, 9.17) is 4.74 Å². The molecule has 0 saturated carbocycles. The molecule has 3 rings (SSSR count). The molecule has 12 heteroatoms. The third-order valence-electron chi connectivity index (χ3n) is 4.17. The number of benzene rings is 2. The minimum absolute atomic E-state index is 0.00730. The van der Waals surface area contributed by atoms with Gasteiger partial charge in [0.1, 0.15) is 24.0 Å². The molecule has 0 spiro atoms. The second-order valence-electron chi connectivity index (χ2n) is 6.57. The molecule has 0 saturated heterocycles. The average molecular weight is 484 g/mol. The van der Waals surface area contributed by atoms with Crippen molar-refractivity contribution >= 4 is 23.4 Å². The van der Waals surface area contributed by atoms with Crippen LogP contribution in [-0.2, 0) is 24.1 Å². The predicted octanol–water partition coefficient (Wildman–Crippen LogP) is 5.07. The molecule has 6 nitrogen and oxygen atoms in total. The van der Waals surface area contributed by atoms with Crippen LogP contribution in [0.3, 0.4) is 0 Å². The standard InChI is InChI=1S/C21H17F5N4O2S/c1-2-8-30-18(11-32-15-5-3-4-13(9-15)21(24,25)26)28-29-20(30)33-12-19(31)27-17-7-6-14(22)10-16(17)23/h2-7,9-10H,1,8,11-12H2,(H,27,31). The molecule has 174 valence electrons. The number of hydrogen-bond donors (Lipinski definition) is 1. The minimum Gasteiger partial charge on any atom is -0.486 e. The van der Waals surface area contributed by atoms with Crippen LogP contribution >= 0.6 is 11.8 Å². The summed E-state index contributed by atoms with van der Waals surface area (Å²) in [6.07, 6.45) is -2.95. The van der Waals surface area contributed by atoms with E-state index in [1.807, 2.05) is 0 Å². The van der Waals surface area contributed by atoms with Gasteiger partial charge >= 0.3 is 6.18 Å². The Morgan fingerprint density at radius 2 is 1.97 bits per heavy atom. The van der Waals surface area contributed by atoms with Crippen LogP contribution < -0.4 is 10.1 Å². The largest absolute Gasteiger partial charge is 0.486 e. The SMILES string of the molecule is C=CCn1c(COc2cccc(C(F)(F)F)c2)nnc1SCC(=O)Nc1ccc(F)cc1F. The van der Waals surface area contributed by atoms with Gasteiger partial charge in [0.15, 0.2) is 11.0 Å². The van der Waals surface area contributed by atoms with E-state index >= 15 is 0 Å². The summed E-state index contributed by atoms with van der Waals surface area (Å²) in [5.41, 5.74) is -1.00. The zero-order valence-electron chi connectivity index (χ0n) is 16.9. The number of rotatable bonds is 9. The van der Waals surface area contributed by atoms with Gasteiger partial charge in [-0.15, -0.1) is 16.8 Å². The Morgan fingerprint density at radius 3 is 2.67 bits per heavy atom. The summed E-state index contributed by atoms with van der Waals surface area (Å²) in [6.45, 7) is 3.72. The normalized spacial score (nSPS) is 11.3. The van der Waals surface area contributed by atoms with Crippen LogP contribution in [0, 0.1) is 11.6 Å². The van der Waals surface area contributed by atoms with Gasteiger partial charge in [0.05, 0.1) is 17.0 Å². The molecule has 1 heterocycles. The highest BCUT2D eigenvalue weighted by Gasteiger charge is 2.30. The maximum Gasteiger partial charge on any atom is 0.416 e. The van der Waals surface area contributed by atoms with E-state index in [0.29, 0.717) is 17.0 Å². The summed E-state index contributed by atoms with van der Waals surface area (Å²) in [7, 11) is 0. The van der Waals surface area contributed by atoms with E-state index in [9.17, 15) is 26.7 Å². The zero-order valence-corrected chi connectivity index (χ0v) is 17.7. The second-order valence-corrected chi connectivity index (χ2v) is 7.52. The number of nitrogens with one attached hydrogen (secondary N) is 1. The fourth-order valence-electron chi connectivity index (χ4n) is 2.66. The Morgan fingerprint density at radius 1 is 1.18 bits per heavy atom. The maximum absolute atomic E-state index is 13.7. The van der Waals surface area contributed by atoms with Gasteiger partial charge in [-0.1, -0.05) is 23.9 Å². The van der Waals surface area contributed by atoms with Crippen LogP contribution in [-0.4, -0.2) is 26.4 Å². The van der Waals surface area contributed by atoms with Gasteiger partial charge < -0.3 is 10.1 Å². The molecule has 0 aliphatic heterocycles. The van der Waals surface area contributed by atoms with E-state index in [-0.39, 0.29) is 30.3 Å². The number of alkyl halides is 3. The van der Waals surface area contributed by atoms with Crippen LogP contribution in [0.4, 0.5) is 27.6 Å². The number of carbonyl (C=O) groups is 1. The molecular formula is C21H17F5N4O2S. The Kier molecular flexibility index (Phi) is 7.69. The van der Waals surface area contributed by atoms with Crippen molar-refractivity contribution in [1.29, 1.82) is 0 Å². The van der Waals surface area contributed by atoms with Crippen molar-refractivity contribution in [2.24, 2.45) is 0 Å². The van der Waals surface area contributed by atoms with E-state index in [1.54, 1.807) is 10.6 Å². The van der Waals surface area contributed by atoms with Crippen molar-refractivity contribution in [3.05, 3.63) is 78.1 Å². The van der Waals surface area contributed by atoms with Crippen LogP contribution in [0.25, 0.3) is 0 Å². The summed E-state index contributed by atoms with van der Waals surface area (Å²) in [5, 5.41) is 10.6. The summed E-state index contributed by atoms with van der Waals surface area (Å²) >= 11 is 1.00. The molecule has 0 radical (unpaired) electrons. The van der Waals surface area contributed by atoms with Gasteiger partial charge in [0, 0.05) is 12.6 Å². The van der Waals surface area contributed by atoms with Gasteiger partial charge in [0.2, 0.25) is 5.91 Å². The Labute approximate surface area is 189 Å². The molecular weight excluding hydrogens is 467 g/mol. The van der Waals surface area contributed by atoms with Gasteiger partial charge in [0.25, 0.3) is 0 Å². The number of aromatic nitrogens is 3. The molecule has 1 amide bonds. The highest BCUT2D eigenvalue weighted by Crippen LogP contribution is 2.31. The lowest BCUT2D eigenvalue weighted by molar-refractivity contribution is -0.137. The lowest BCUT2D eigenvalue weighted by Gasteiger charge is -2.11. The molecule has 33 heavy (non-hydrogen) atoms. The van der Waals surface area contributed by atoms with Crippen LogP contribution in [0.2, 0.25) is 0 Å². The number of amides is 1. The first kappa shape index (κ1) is 24.2. The summed E-state index contributed by atoms with van der Waals surface area (Å²) in [5.74, 6) is -2.07. The number of anilines is 1. The summed E-state index contributed by atoms with van der Waals surface area (Å²) < 4.78 is 72.3. The van der Waals surface area contributed by atoms with E-state index in [2.05, 4.69) is 22.1 Å². The van der Waals surface area contributed by atoms with Crippen molar-refractivity contribution in [2.45, 2.75) is 24.5 Å². The quantitative estimate of drug-likeness (QED) is 0.261. The smallest absolute Gasteiger partial charge is 0.416 e. The maximum atomic E-state index is 13.7. The van der Waals surface area contributed by atoms with E-state index in [0.717, 1.165) is 36.0 Å². The number of nitrogens with zero attached hydrogens (tertiary/aromatic N) is 3. The van der Waals surface area contributed by atoms with Crippen LogP contribution in [0.15, 0.2) is 60.3 Å². The molecule has 3 aromatic rings. The molecule has 0 aliphatic carbocycles. The second kappa shape index (κ2) is 10.5.